The van der Waals surface area contributed by atoms with Crippen molar-refractivity contribution in [1.82, 2.24) is 30.0 Å². The van der Waals surface area contributed by atoms with Crippen LogP contribution < -0.4 is 30.3 Å². The van der Waals surface area contributed by atoms with Crippen LogP contribution in [0.3, 0.4) is 0 Å². The Hall–Kier alpha value is -3.90. The van der Waals surface area contributed by atoms with Crippen LogP contribution in [0.15, 0.2) is 65.5 Å². The lowest BCUT2D eigenvalue weighted by atomic mass is 9.98. The van der Waals surface area contributed by atoms with E-state index in [4.69, 9.17) is 9.72 Å². The molecule has 274 valence electrons. The lowest BCUT2D eigenvalue weighted by molar-refractivity contribution is 0.150. The molecule has 2 saturated heterocycles. The fraction of sp³-hybridized carbons (Fsp3) is 0.447. The quantitative estimate of drug-likeness (QED) is 0.139. The van der Waals surface area contributed by atoms with Crippen LogP contribution in [0.5, 0.6) is 5.75 Å². The number of hydrogen-bond acceptors (Lipinski definition) is 10. The third-order valence-electron chi connectivity index (χ3n) is 10.5. The molecule has 1 unspecified atom stereocenters. The van der Waals surface area contributed by atoms with E-state index in [1.807, 2.05) is 52.9 Å². The monoisotopic (exact) mass is 786 g/mol. The van der Waals surface area contributed by atoms with Crippen molar-refractivity contribution >= 4 is 58.1 Å². The molecule has 5 heterocycles. The second-order valence-corrected chi connectivity index (χ2v) is 18.6. The lowest BCUT2D eigenvalue weighted by Gasteiger charge is -2.41. The van der Waals surface area contributed by atoms with E-state index in [2.05, 4.69) is 76.2 Å². The van der Waals surface area contributed by atoms with E-state index in [1.165, 1.54) is 12.8 Å². The Morgan fingerprint density at radius 2 is 1.81 bits per heavy atom. The average Bonchev–Trinajstić information content (AvgIpc) is 3.89. The summed E-state index contributed by atoms with van der Waals surface area (Å²) in [5, 5.41) is 15.1. The molecule has 0 bridgehead atoms. The van der Waals surface area contributed by atoms with Crippen molar-refractivity contribution < 1.29 is 9.30 Å². The van der Waals surface area contributed by atoms with Gasteiger partial charge in [0.25, 0.3) is 0 Å². The van der Waals surface area contributed by atoms with Crippen molar-refractivity contribution in [2.45, 2.75) is 37.9 Å². The van der Waals surface area contributed by atoms with Gasteiger partial charge in [-0.1, -0.05) is 24.3 Å². The summed E-state index contributed by atoms with van der Waals surface area (Å²) in [4.78, 5) is 14.8. The highest BCUT2D eigenvalue weighted by Gasteiger charge is 2.32. The van der Waals surface area contributed by atoms with Gasteiger partial charge in [-0.3, -0.25) is 14.3 Å². The average molecular weight is 788 g/mol. The van der Waals surface area contributed by atoms with Gasteiger partial charge in [-0.15, -0.1) is 0 Å². The number of piperidine rings is 1. The van der Waals surface area contributed by atoms with Gasteiger partial charge >= 0.3 is 0 Å². The van der Waals surface area contributed by atoms with Crippen LogP contribution in [0.4, 0.5) is 28.8 Å². The van der Waals surface area contributed by atoms with Crippen LogP contribution in [0.1, 0.15) is 31.2 Å². The Kier molecular flexibility index (Phi) is 10.0. The number of hydrogen-bond donors (Lipinski definition) is 3. The van der Waals surface area contributed by atoms with Gasteiger partial charge in [-0.05, 0) is 71.3 Å². The van der Waals surface area contributed by atoms with E-state index >= 15 is 0 Å². The number of para-hydroxylation sites is 1. The summed E-state index contributed by atoms with van der Waals surface area (Å²) in [6.07, 6.45) is 14.1. The van der Waals surface area contributed by atoms with Crippen LogP contribution in [0, 0.1) is 5.92 Å². The molecule has 12 nitrogen and oxygen atoms in total. The highest BCUT2D eigenvalue weighted by molar-refractivity contribution is 9.10. The van der Waals surface area contributed by atoms with E-state index < -0.39 is 7.29 Å². The van der Waals surface area contributed by atoms with Gasteiger partial charge in [0, 0.05) is 101 Å². The maximum Gasteiger partial charge on any atom is 0.229 e. The molecule has 3 N–H and O–H groups in total. The van der Waals surface area contributed by atoms with Crippen LogP contribution in [0.25, 0.3) is 17.2 Å². The number of rotatable bonds is 11. The summed E-state index contributed by atoms with van der Waals surface area (Å²) in [6, 6.07) is 13.0. The van der Waals surface area contributed by atoms with Crippen LogP contribution in [-0.2, 0) is 11.6 Å². The maximum atomic E-state index is 13.6. The van der Waals surface area contributed by atoms with Crippen molar-refractivity contribution in [3.05, 3.63) is 71.1 Å². The second-order valence-electron chi connectivity index (χ2n) is 14.7. The first-order valence-corrected chi connectivity index (χ1v) is 21.7. The zero-order valence-electron chi connectivity index (χ0n) is 30.1. The first-order valence-electron chi connectivity index (χ1n) is 18.4. The van der Waals surface area contributed by atoms with Gasteiger partial charge in [-0.25, -0.2) is 4.98 Å². The minimum Gasteiger partial charge on any atom is -0.491 e. The predicted octanol–water partition coefficient (Wildman–Crippen LogP) is 6.86. The Bertz CT molecular complexity index is 1980. The predicted molar refractivity (Wildman–Crippen MR) is 214 cm³/mol. The van der Waals surface area contributed by atoms with Gasteiger partial charge in [0.1, 0.15) is 17.7 Å². The van der Waals surface area contributed by atoms with E-state index in [0.29, 0.717) is 34.8 Å². The standard InChI is InChI=1S/C38H48BrN10O2P/c1-46-24-28(22-42-46)30-20-32(35(51-25-26-8-9-26)21-34(30)48-16-12-29(13-17-48)47-18-14-40-15-19-47)43-38-41-23-31(39)37(45-38)44-36-11-10-27-6-4-5-7-33(27)49(36)52(2,3)50/h4-7,10-11,20-24,26,29,36,40H,8-9,12-19,25H2,1-3H3,(H2,41,43,44,45). The van der Waals surface area contributed by atoms with Gasteiger partial charge in [0.2, 0.25) is 5.95 Å². The first kappa shape index (κ1) is 35.1. The number of fused-ring (bicyclic) bond motifs is 1. The number of anilines is 5. The van der Waals surface area contributed by atoms with Crippen molar-refractivity contribution in [1.29, 1.82) is 0 Å². The number of aryl methyl sites for hydroxylation is 1. The molecule has 0 spiro atoms. The number of nitrogens with zero attached hydrogens (tertiary/aromatic N) is 7. The number of aromatic nitrogens is 4. The molecule has 1 saturated carbocycles. The van der Waals surface area contributed by atoms with Gasteiger partial charge in [0.15, 0.2) is 7.29 Å². The third kappa shape index (κ3) is 7.74. The molecule has 14 heteroatoms. The van der Waals surface area contributed by atoms with Crippen molar-refractivity contribution in [3.8, 4) is 16.9 Å². The van der Waals surface area contributed by atoms with Gasteiger partial charge < -0.3 is 30.2 Å². The van der Waals surface area contributed by atoms with E-state index in [9.17, 15) is 4.57 Å². The molecule has 2 aromatic heterocycles. The molecule has 0 amide bonds. The Morgan fingerprint density at radius 3 is 2.54 bits per heavy atom. The normalized spacial score (nSPS) is 19.8. The van der Waals surface area contributed by atoms with Gasteiger partial charge in [-0.2, -0.15) is 10.1 Å². The number of piperazine rings is 1. The molecular formula is C38H48BrN10O2P. The minimum atomic E-state index is -2.71. The van der Waals surface area contributed by atoms with Crippen LogP contribution in [-0.4, -0.2) is 96.1 Å². The molecule has 8 rings (SSSR count). The highest BCUT2D eigenvalue weighted by atomic mass is 79.9. The molecule has 4 aromatic rings. The summed E-state index contributed by atoms with van der Waals surface area (Å²) in [6.45, 7) is 10.6. The number of nitrogens with one attached hydrogen (secondary N) is 3. The topological polar surface area (TPSA) is 116 Å². The zero-order chi connectivity index (χ0) is 35.8. The summed E-state index contributed by atoms with van der Waals surface area (Å²) < 4.78 is 24.7. The Balaban J connectivity index is 1.10. The van der Waals surface area contributed by atoms with Crippen molar-refractivity contribution in [3.63, 3.8) is 0 Å². The van der Waals surface area contributed by atoms with Crippen LogP contribution in [0.2, 0.25) is 0 Å². The fourth-order valence-corrected chi connectivity index (χ4v) is 9.31. The largest absolute Gasteiger partial charge is 0.491 e. The molecular weight excluding hydrogens is 739 g/mol. The molecule has 1 aliphatic carbocycles. The number of ether oxygens (including phenoxy) is 1. The molecule has 0 radical (unpaired) electrons. The van der Waals surface area contributed by atoms with Crippen molar-refractivity contribution in [2.24, 2.45) is 13.0 Å². The van der Waals surface area contributed by atoms with E-state index in [0.717, 1.165) is 91.6 Å². The first-order chi connectivity index (χ1) is 25.2. The van der Waals surface area contributed by atoms with E-state index in [1.54, 1.807) is 19.5 Å². The molecule has 3 fully saturated rings. The van der Waals surface area contributed by atoms with Crippen LogP contribution >= 0.6 is 23.2 Å². The zero-order valence-corrected chi connectivity index (χ0v) is 32.6. The number of halogens is 1. The molecule has 2 aromatic carbocycles. The second kappa shape index (κ2) is 14.9. The lowest BCUT2D eigenvalue weighted by Crippen LogP contribution is -2.52. The summed E-state index contributed by atoms with van der Waals surface area (Å²) in [5.41, 5.74) is 6.05. The number of benzene rings is 2. The highest BCUT2D eigenvalue weighted by Crippen LogP contribution is 2.50. The Labute approximate surface area is 314 Å². The smallest absolute Gasteiger partial charge is 0.229 e. The SMILES string of the molecule is Cn1cc(-c2cc(Nc3ncc(Br)c(NC4C=Cc5ccccc5N4P(C)(C)=O)n3)c(OCC3CC3)cc2N2CCC(N3CCNCC3)CC2)cn1. The molecule has 1 atom stereocenters. The third-order valence-corrected chi connectivity index (χ3v) is 12.5. The Morgan fingerprint density at radius 1 is 1.02 bits per heavy atom. The fourth-order valence-electron chi connectivity index (χ4n) is 7.57. The van der Waals surface area contributed by atoms with Crippen molar-refractivity contribution in [2.75, 3.05) is 79.4 Å². The minimum absolute atomic E-state index is 0.376. The maximum absolute atomic E-state index is 13.6. The molecule has 3 aliphatic heterocycles. The molecule has 4 aliphatic rings. The summed E-state index contributed by atoms with van der Waals surface area (Å²) in [5.74, 6) is 2.39. The molecule has 52 heavy (non-hydrogen) atoms. The summed E-state index contributed by atoms with van der Waals surface area (Å²) >= 11 is 3.66. The van der Waals surface area contributed by atoms with E-state index in [-0.39, 0.29) is 6.17 Å². The van der Waals surface area contributed by atoms with Gasteiger partial charge in [0.05, 0.1) is 28.7 Å². The summed E-state index contributed by atoms with van der Waals surface area (Å²) in [7, 11) is -0.759.